The number of amides is 1. The van der Waals surface area contributed by atoms with E-state index < -0.39 is 0 Å². The third-order valence-electron chi connectivity index (χ3n) is 5.74. The van der Waals surface area contributed by atoms with Gasteiger partial charge in [-0.05, 0) is 48.9 Å². The molecule has 1 amide bonds. The molecule has 5 aromatic rings. The Bertz CT molecular complexity index is 1570. The molecule has 5 rings (SSSR count). The fourth-order valence-corrected chi connectivity index (χ4v) is 3.97. The van der Waals surface area contributed by atoms with Crippen LogP contribution in [0, 0.1) is 12.7 Å². The second kappa shape index (κ2) is 9.87. The molecule has 0 aliphatic heterocycles. The van der Waals surface area contributed by atoms with Crippen molar-refractivity contribution in [2.75, 3.05) is 12.4 Å². The Morgan fingerprint density at radius 3 is 2.58 bits per heavy atom. The van der Waals surface area contributed by atoms with Crippen LogP contribution < -0.4 is 10.1 Å². The Morgan fingerprint density at radius 2 is 1.81 bits per heavy atom. The molecule has 0 unspecified atom stereocenters. The number of nitrogens with one attached hydrogen (secondary N) is 1. The third-order valence-corrected chi connectivity index (χ3v) is 5.74. The molecule has 3 aromatic carbocycles. The lowest BCUT2D eigenvalue weighted by Gasteiger charge is -2.12. The molecule has 0 radical (unpaired) electrons. The lowest BCUT2D eigenvalue weighted by Crippen LogP contribution is -2.16. The van der Waals surface area contributed by atoms with Gasteiger partial charge in [0.05, 0.1) is 30.4 Å². The van der Waals surface area contributed by atoms with Gasteiger partial charge in [-0.15, -0.1) is 0 Å². The Labute approximate surface area is 207 Å². The topological polar surface area (TPSA) is 74.0 Å². The second-order valence-corrected chi connectivity index (χ2v) is 8.26. The Kier molecular flexibility index (Phi) is 6.32. The normalized spacial score (nSPS) is 11.3. The molecule has 0 bridgehead atoms. The fourth-order valence-electron chi connectivity index (χ4n) is 3.97. The van der Waals surface area contributed by atoms with Crippen LogP contribution in [0.4, 0.5) is 10.2 Å². The molecule has 8 heteroatoms. The standard InChI is InChI=1S/C28H24FN5O2/c1-19-17-26(31-27(35)16-13-20-11-14-22(36-2)15-12-20)34(32-19)28-30-24-9-5-6-10-25(24)33(28)18-21-7-3-4-8-23(21)29/h3-17H,18H2,1-2H3,(H,31,35)/b16-13+. The average molecular weight is 482 g/mol. The monoisotopic (exact) mass is 481 g/mol. The molecule has 0 atom stereocenters. The van der Waals surface area contributed by atoms with Crippen molar-refractivity contribution in [3.8, 4) is 11.7 Å². The number of fused-ring (bicyclic) bond motifs is 1. The van der Waals surface area contributed by atoms with Gasteiger partial charge in [0, 0.05) is 17.7 Å². The van der Waals surface area contributed by atoms with E-state index in [4.69, 9.17) is 9.72 Å². The summed E-state index contributed by atoms with van der Waals surface area (Å²) in [6.45, 7) is 2.09. The number of anilines is 1. The number of aromatic nitrogens is 4. The highest BCUT2D eigenvalue weighted by molar-refractivity contribution is 6.01. The van der Waals surface area contributed by atoms with E-state index >= 15 is 0 Å². The quantitative estimate of drug-likeness (QED) is 0.317. The summed E-state index contributed by atoms with van der Waals surface area (Å²) >= 11 is 0. The fraction of sp³-hybridized carbons (Fsp3) is 0.107. The van der Waals surface area contributed by atoms with Gasteiger partial charge in [-0.1, -0.05) is 42.5 Å². The van der Waals surface area contributed by atoms with Crippen LogP contribution in [0.3, 0.4) is 0 Å². The number of nitrogens with zero attached hydrogens (tertiary/aromatic N) is 4. The van der Waals surface area contributed by atoms with E-state index in [1.807, 2.05) is 60.0 Å². The second-order valence-electron chi connectivity index (χ2n) is 8.26. The molecule has 0 saturated carbocycles. The minimum absolute atomic E-state index is 0.256. The van der Waals surface area contributed by atoms with Crippen molar-refractivity contribution >= 4 is 28.8 Å². The summed E-state index contributed by atoms with van der Waals surface area (Å²) in [5.41, 5.74) is 3.67. The van der Waals surface area contributed by atoms with Crippen molar-refractivity contribution in [1.82, 2.24) is 19.3 Å². The maximum Gasteiger partial charge on any atom is 0.249 e. The van der Waals surface area contributed by atoms with Crippen LogP contribution in [-0.2, 0) is 11.3 Å². The van der Waals surface area contributed by atoms with Gasteiger partial charge in [0.15, 0.2) is 0 Å². The van der Waals surface area contributed by atoms with Gasteiger partial charge in [0.25, 0.3) is 0 Å². The van der Waals surface area contributed by atoms with Gasteiger partial charge in [-0.3, -0.25) is 4.79 Å². The number of methoxy groups -OCH3 is 1. The van der Waals surface area contributed by atoms with Crippen molar-refractivity contribution < 1.29 is 13.9 Å². The van der Waals surface area contributed by atoms with Crippen LogP contribution in [0.25, 0.3) is 23.1 Å². The van der Waals surface area contributed by atoms with Gasteiger partial charge in [-0.25, -0.2) is 9.37 Å². The molecule has 36 heavy (non-hydrogen) atoms. The van der Waals surface area contributed by atoms with Crippen molar-refractivity contribution in [2.24, 2.45) is 0 Å². The molecule has 2 heterocycles. The molecule has 0 aliphatic rings. The number of halogens is 1. The first-order valence-corrected chi connectivity index (χ1v) is 11.4. The number of ether oxygens (including phenoxy) is 1. The number of carbonyl (C=O) groups is 1. The van der Waals surface area contributed by atoms with Crippen LogP contribution in [0.15, 0.2) is 84.9 Å². The molecular weight excluding hydrogens is 457 g/mol. The predicted molar refractivity (Wildman–Crippen MR) is 138 cm³/mol. The van der Waals surface area contributed by atoms with E-state index in [0.29, 0.717) is 23.0 Å². The number of rotatable bonds is 7. The maximum absolute atomic E-state index is 14.5. The average Bonchev–Trinajstić information content (AvgIpc) is 3.44. The maximum atomic E-state index is 14.5. The van der Waals surface area contributed by atoms with E-state index in [2.05, 4.69) is 10.4 Å². The van der Waals surface area contributed by atoms with E-state index in [1.54, 1.807) is 42.1 Å². The zero-order valence-electron chi connectivity index (χ0n) is 19.9. The summed E-state index contributed by atoms with van der Waals surface area (Å²) in [6, 6.07) is 23.4. The third kappa shape index (κ3) is 4.74. The summed E-state index contributed by atoms with van der Waals surface area (Å²) < 4.78 is 23.1. The van der Waals surface area contributed by atoms with E-state index in [0.717, 1.165) is 22.3 Å². The first-order valence-electron chi connectivity index (χ1n) is 11.4. The molecule has 0 aliphatic carbocycles. The van der Waals surface area contributed by atoms with E-state index in [9.17, 15) is 9.18 Å². The largest absolute Gasteiger partial charge is 0.497 e. The first-order chi connectivity index (χ1) is 17.5. The molecule has 180 valence electrons. The minimum atomic E-state index is -0.316. The summed E-state index contributed by atoms with van der Waals surface area (Å²) in [5.74, 6) is 1.07. The van der Waals surface area contributed by atoms with Crippen LogP contribution in [0.2, 0.25) is 0 Å². The molecule has 0 fully saturated rings. The molecule has 0 saturated heterocycles. The number of aryl methyl sites for hydroxylation is 1. The van der Waals surface area contributed by atoms with E-state index in [1.165, 1.54) is 12.1 Å². The number of hydrogen-bond donors (Lipinski definition) is 1. The lowest BCUT2D eigenvalue weighted by molar-refractivity contribution is -0.111. The molecule has 7 nitrogen and oxygen atoms in total. The minimum Gasteiger partial charge on any atom is -0.497 e. The van der Waals surface area contributed by atoms with Crippen molar-refractivity contribution in [1.29, 1.82) is 0 Å². The van der Waals surface area contributed by atoms with Crippen LogP contribution in [-0.4, -0.2) is 32.3 Å². The molecule has 0 spiro atoms. The summed E-state index contributed by atoms with van der Waals surface area (Å²) in [5, 5.41) is 7.47. The molecule has 1 N–H and O–H groups in total. The number of hydrogen-bond acceptors (Lipinski definition) is 4. The highest BCUT2D eigenvalue weighted by atomic mass is 19.1. The molecule has 2 aromatic heterocycles. The van der Waals surface area contributed by atoms with Crippen molar-refractivity contribution in [2.45, 2.75) is 13.5 Å². The highest BCUT2D eigenvalue weighted by Crippen LogP contribution is 2.24. The Balaban J connectivity index is 1.48. The van der Waals surface area contributed by atoms with Crippen LogP contribution in [0.1, 0.15) is 16.8 Å². The van der Waals surface area contributed by atoms with Crippen LogP contribution >= 0.6 is 0 Å². The zero-order valence-corrected chi connectivity index (χ0v) is 19.9. The van der Waals surface area contributed by atoms with Crippen molar-refractivity contribution in [3.05, 3.63) is 108 Å². The Hall–Kier alpha value is -4.72. The van der Waals surface area contributed by atoms with Gasteiger partial charge in [0.2, 0.25) is 11.9 Å². The molecular formula is C28H24FN5O2. The van der Waals surface area contributed by atoms with Gasteiger partial charge >= 0.3 is 0 Å². The highest BCUT2D eigenvalue weighted by Gasteiger charge is 2.18. The number of imidazole rings is 1. The SMILES string of the molecule is COc1ccc(/C=C/C(=O)Nc2cc(C)nn2-c2nc3ccccc3n2Cc2ccccc2F)cc1. The van der Waals surface area contributed by atoms with Crippen LogP contribution in [0.5, 0.6) is 5.75 Å². The summed E-state index contributed by atoms with van der Waals surface area (Å²) in [4.78, 5) is 17.5. The number of benzene rings is 3. The smallest absolute Gasteiger partial charge is 0.249 e. The lowest BCUT2D eigenvalue weighted by atomic mass is 10.2. The van der Waals surface area contributed by atoms with Crippen molar-refractivity contribution in [3.63, 3.8) is 0 Å². The first kappa shape index (κ1) is 23.0. The zero-order chi connectivity index (χ0) is 25.1. The summed E-state index contributed by atoms with van der Waals surface area (Å²) in [6.07, 6.45) is 3.17. The number of carbonyl (C=O) groups excluding carboxylic acids is 1. The van der Waals surface area contributed by atoms with Gasteiger partial charge < -0.3 is 14.6 Å². The summed E-state index contributed by atoms with van der Waals surface area (Å²) in [7, 11) is 1.61. The van der Waals surface area contributed by atoms with Gasteiger partial charge in [0.1, 0.15) is 17.4 Å². The Morgan fingerprint density at radius 1 is 1.06 bits per heavy atom. The van der Waals surface area contributed by atoms with E-state index in [-0.39, 0.29) is 18.3 Å². The number of para-hydroxylation sites is 2. The predicted octanol–water partition coefficient (Wildman–Crippen LogP) is 5.38. The van der Waals surface area contributed by atoms with Gasteiger partial charge in [-0.2, -0.15) is 9.78 Å².